The van der Waals surface area contributed by atoms with Gasteiger partial charge in [0.15, 0.2) is 0 Å². The normalized spacial score (nSPS) is 10.4. The molecule has 5 nitrogen and oxygen atoms in total. The highest BCUT2D eigenvalue weighted by Crippen LogP contribution is 2.31. The molecule has 2 N–H and O–H groups in total. The van der Waals surface area contributed by atoms with Gasteiger partial charge in [-0.3, -0.25) is 4.79 Å². The Bertz CT molecular complexity index is 892. The number of halogens is 2. The molecule has 2 aromatic carbocycles. The number of carbonyl (C=O) groups excluding carboxylic acids is 1. The van der Waals surface area contributed by atoms with E-state index in [9.17, 15) is 4.79 Å². The average Bonchev–Trinajstić information content (AvgIpc) is 2.66. The molecular formula is C19H16Cl2N4O. The highest BCUT2D eigenvalue weighted by molar-refractivity contribution is 6.39. The SMILES string of the molecule is CCc1ccc(NC(=O)c2cnc(Nc3c(Cl)cccc3Cl)nc2)cc1. The molecule has 0 aliphatic rings. The number of rotatable bonds is 5. The number of anilines is 3. The van der Waals surface area contributed by atoms with Crippen LogP contribution in [0.3, 0.4) is 0 Å². The number of aryl methyl sites for hydroxylation is 1. The number of amides is 1. The lowest BCUT2D eigenvalue weighted by molar-refractivity contribution is 0.102. The lowest BCUT2D eigenvalue weighted by Gasteiger charge is -2.09. The number of nitrogens with zero attached hydrogens (tertiary/aromatic N) is 2. The molecule has 0 spiro atoms. The van der Waals surface area contributed by atoms with Gasteiger partial charge in [-0.1, -0.05) is 48.3 Å². The maximum Gasteiger partial charge on any atom is 0.258 e. The minimum Gasteiger partial charge on any atom is -0.322 e. The summed E-state index contributed by atoms with van der Waals surface area (Å²) in [4.78, 5) is 20.6. The summed E-state index contributed by atoms with van der Waals surface area (Å²) >= 11 is 12.2. The zero-order chi connectivity index (χ0) is 18.5. The Morgan fingerprint density at radius 1 is 1.00 bits per heavy atom. The molecule has 1 heterocycles. The van der Waals surface area contributed by atoms with E-state index in [-0.39, 0.29) is 5.91 Å². The van der Waals surface area contributed by atoms with E-state index in [4.69, 9.17) is 23.2 Å². The third kappa shape index (κ3) is 4.31. The van der Waals surface area contributed by atoms with Crippen LogP contribution in [-0.2, 0) is 6.42 Å². The van der Waals surface area contributed by atoms with Gasteiger partial charge in [0.05, 0.1) is 21.3 Å². The number of carbonyl (C=O) groups is 1. The van der Waals surface area contributed by atoms with E-state index < -0.39 is 0 Å². The molecule has 0 aliphatic carbocycles. The lowest BCUT2D eigenvalue weighted by atomic mass is 10.1. The number of nitrogens with one attached hydrogen (secondary N) is 2. The van der Waals surface area contributed by atoms with Gasteiger partial charge in [-0.05, 0) is 36.2 Å². The molecule has 0 aliphatic heterocycles. The Morgan fingerprint density at radius 3 is 2.19 bits per heavy atom. The van der Waals surface area contributed by atoms with Gasteiger partial charge >= 0.3 is 0 Å². The number of aromatic nitrogens is 2. The van der Waals surface area contributed by atoms with Crippen molar-refractivity contribution in [1.82, 2.24) is 9.97 Å². The molecule has 3 rings (SSSR count). The summed E-state index contributed by atoms with van der Waals surface area (Å²) in [6.07, 6.45) is 3.83. The largest absolute Gasteiger partial charge is 0.322 e. The molecule has 0 atom stereocenters. The highest BCUT2D eigenvalue weighted by Gasteiger charge is 2.10. The molecule has 7 heteroatoms. The first kappa shape index (κ1) is 18.2. The van der Waals surface area contributed by atoms with E-state index in [0.29, 0.717) is 27.2 Å². The van der Waals surface area contributed by atoms with Crippen molar-refractivity contribution in [3.05, 3.63) is 76.0 Å². The smallest absolute Gasteiger partial charge is 0.258 e. The minimum atomic E-state index is -0.281. The third-order valence-electron chi connectivity index (χ3n) is 3.73. The number of benzene rings is 2. The molecule has 0 saturated carbocycles. The van der Waals surface area contributed by atoms with Gasteiger partial charge < -0.3 is 10.6 Å². The molecule has 0 bridgehead atoms. The van der Waals surface area contributed by atoms with E-state index in [1.54, 1.807) is 18.2 Å². The van der Waals surface area contributed by atoms with Gasteiger partial charge in [0.2, 0.25) is 5.95 Å². The Kier molecular flexibility index (Phi) is 5.71. The predicted octanol–water partition coefficient (Wildman–Crippen LogP) is 5.34. The Hall–Kier alpha value is -2.63. The van der Waals surface area contributed by atoms with Crippen molar-refractivity contribution in [2.45, 2.75) is 13.3 Å². The van der Waals surface area contributed by atoms with Crippen LogP contribution in [0.4, 0.5) is 17.3 Å². The van der Waals surface area contributed by atoms with Crippen molar-refractivity contribution in [2.75, 3.05) is 10.6 Å². The van der Waals surface area contributed by atoms with Crippen LogP contribution < -0.4 is 10.6 Å². The van der Waals surface area contributed by atoms with E-state index in [1.165, 1.54) is 18.0 Å². The van der Waals surface area contributed by atoms with E-state index >= 15 is 0 Å². The third-order valence-corrected chi connectivity index (χ3v) is 4.36. The minimum absolute atomic E-state index is 0.281. The molecular weight excluding hydrogens is 371 g/mol. The van der Waals surface area contributed by atoms with Crippen molar-refractivity contribution < 1.29 is 4.79 Å². The molecule has 0 saturated heterocycles. The average molecular weight is 387 g/mol. The number of para-hydroxylation sites is 1. The summed E-state index contributed by atoms with van der Waals surface area (Å²) in [5, 5.41) is 6.68. The summed E-state index contributed by atoms with van der Waals surface area (Å²) in [7, 11) is 0. The van der Waals surface area contributed by atoms with E-state index in [0.717, 1.165) is 12.1 Å². The maximum atomic E-state index is 12.3. The predicted molar refractivity (Wildman–Crippen MR) is 106 cm³/mol. The van der Waals surface area contributed by atoms with E-state index in [2.05, 4.69) is 27.5 Å². The highest BCUT2D eigenvalue weighted by atomic mass is 35.5. The van der Waals surface area contributed by atoms with Crippen molar-refractivity contribution in [1.29, 1.82) is 0 Å². The number of hydrogen-bond acceptors (Lipinski definition) is 4. The van der Waals surface area contributed by atoms with Crippen LogP contribution in [0, 0.1) is 0 Å². The first-order valence-electron chi connectivity index (χ1n) is 8.00. The van der Waals surface area contributed by atoms with Gasteiger partial charge in [-0.25, -0.2) is 9.97 Å². The summed E-state index contributed by atoms with van der Waals surface area (Å²) in [5.74, 6) is 0.0143. The molecule has 0 unspecified atom stereocenters. The Morgan fingerprint density at radius 2 is 1.62 bits per heavy atom. The second-order valence-corrected chi connectivity index (χ2v) is 6.34. The van der Waals surface area contributed by atoms with Gasteiger partial charge in [0, 0.05) is 18.1 Å². The van der Waals surface area contributed by atoms with Crippen LogP contribution >= 0.6 is 23.2 Å². The summed E-state index contributed by atoms with van der Waals surface area (Å²) in [6, 6.07) is 12.9. The molecule has 1 amide bonds. The summed E-state index contributed by atoms with van der Waals surface area (Å²) < 4.78 is 0. The van der Waals surface area contributed by atoms with Crippen molar-refractivity contribution >= 4 is 46.4 Å². The fourth-order valence-electron chi connectivity index (χ4n) is 2.27. The van der Waals surface area contributed by atoms with Crippen LogP contribution in [0.2, 0.25) is 10.0 Å². The Labute approximate surface area is 161 Å². The van der Waals surface area contributed by atoms with Crippen molar-refractivity contribution in [3.8, 4) is 0 Å². The monoisotopic (exact) mass is 386 g/mol. The van der Waals surface area contributed by atoms with Gasteiger partial charge in [-0.2, -0.15) is 0 Å². The fraction of sp³-hybridized carbons (Fsp3) is 0.105. The van der Waals surface area contributed by atoms with Crippen LogP contribution in [0.5, 0.6) is 0 Å². The first-order valence-corrected chi connectivity index (χ1v) is 8.76. The number of hydrogen-bond donors (Lipinski definition) is 2. The van der Waals surface area contributed by atoms with E-state index in [1.807, 2.05) is 24.3 Å². The lowest BCUT2D eigenvalue weighted by Crippen LogP contribution is -2.13. The van der Waals surface area contributed by atoms with Crippen LogP contribution in [0.1, 0.15) is 22.8 Å². The van der Waals surface area contributed by atoms with Gasteiger partial charge in [0.1, 0.15) is 0 Å². The summed E-state index contributed by atoms with van der Waals surface area (Å²) in [6.45, 7) is 2.08. The topological polar surface area (TPSA) is 66.9 Å². The fourth-order valence-corrected chi connectivity index (χ4v) is 2.76. The van der Waals surface area contributed by atoms with Crippen molar-refractivity contribution in [3.63, 3.8) is 0 Å². The van der Waals surface area contributed by atoms with Crippen molar-refractivity contribution in [2.24, 2.45) is 0 Å². The van der Waals surface area contributed by atoms with Crippen LogP contribution in [-0.4, -0.2) is 15.9 Å². The second kappa shape index (κ2) is 8.17. The zero-order valence-electron chi connectivity index (χ0n) is 14.0. The molecule has 26 heavy (non-hydrogen) atoms. The van der Waals surface area contributed by atoms with Gasteiger partial charge in [-0.15, -0.1) is 0 Å². The van der Waals surface area contributed by atoms with Crippen LogP contribution in [0.15, 0.2) is 54.9 Å². The molecule has 1 aromatic heterocycles. The first-order chi connectivity index (χ1) is 12.6. The molecule has 0 radical (unpaired) electrons. The quantitative estimate of drug-likeness (QED) is 0.620. The summed E-state index contributed by atoms with van der Waals surface area (Å²) in [5.41, 5.74) is 2.79. The van der Waals surface area contributed by atoms with Gasteiger partial charge in [0.25, 0.3) is 5.91 Å². The van der Waals surface area contributed by atoms with Crippen LogP contribution in [0.25, 0.3) is 0 Å². The second-order valence-electron chi connectivity index (χ2n) is 5.52. The standard InChI is InChI=1S/C19H16Cl2N4O/c1-2-12-6-8-14(9-7-12)24-18(26)13-10-22-19(23-11-13)25-17-15(20)4-3-5-16(17)21/h3-11H,2H2,1H3,(H,24,26)(H,22,23,25). The molecule has 0 fully saturated rings. The molecule has 132 valence electrons. The zero-order valence-corrected chi connectivity index (χ0v) is 15.5. The molecule has 3 aromatic rings. The maximum absolute atomic E-state index is 12.3. The Balaban J connectivity index is 1.69.